The second-order valence-corrected chi connectivity index (χ2v) is 8.20. The van der Waals surface area contributed by atoms with Gasteiger partial charge in [-0.2, -0.15) is 5.10 Å². The Morgan fingerprint density at radius 1 is 0.941 bits per heavy atom. The van der Waals surface area contributed by atoms with Crippen LogP contribution in [0.3, 0.4) is 0 Å². The van der Waals surface area contributed by atoms with Crippen molar-refractivity contribution in [3.63, 3.8) is 0 Å². The van der Waals surface area contributed by atoms with E-state index in [4.69, 9.17) is 32.7 Å². The van der Waals surface area contributed by atoms with Gasteiger partial charge in [0.05, 0.1) is 12.8 Å². The van der Waals surface area contributed by atoms with E-state index >= 15 is 0 Å². The number of hydrazone groups is 1. The van der Waals surface area contributed by atoms with Crippen molar-refractivity contribution in [2.24, 2.45) is 5.10 Å². The topological polar surface area (TPSA) is 89.0 Å². The highest BCUT2D eigenvalue weighted by atomic mass is 35.5. The van der Waals surface area contributed by atoms with Crippen LogP contribution in [0.15, 0.2) is 65.8 Å². The van der Waals surface area contributed by atoms with Crippen molar-refractivity contribution in [2.45, 2.75) is 20.5 Å². The van der Waals surface area contributed by atoms with E-state index < -0.39 is 11.8 Å². The number of carbonyl (C=O) groups is 2. The summed E-state index contributed by atoms with van der Waals surface area (Å²) >= 11 is 11.8. The zero-order valence-electron chi connectivity index (χ0n) is 18.8. The van der Waals surface area contributed by atoms with Crippen LogP contribution in [0.25, 0.3) is 0 Å². The molecular formula is C25H23Cl2N3O4. The number of rotatable bonds is 7. The van der Waals surface area contributed by atoms with Crippen molar-refractivity contribution in [1.29, 1.82) is 0 Å². The number of methoxy groups -OCH3 is 1. The number of hydrogen-bond donors (Lipinski definition) is 2. The molecule has 0 saturated carbocycles. The summed E-state index contributed by atoms with van der Waals surface area (Å²) in [4.78, 5) is 24.3. The molecule has 34 heavy (non-hydrogen) atoms. The average Bonchev–Trinajstić information content (AvgIpc) is 2.81. The first-order valence-corrected chi connectivity index (χ1v) is 11.0. The lowest BCUT2D eigenvalue weighted by Crippen LogP contribution is -2.32. The molecule has 0 aliphatic rings. The van der Waals surface area contributed by atoms with Gasteiger partial charge in [-0.15, -0.1) is 0 Å². The Morgan fingerprint density at radius 3 is 2.32 bits per heavy atom. The number of carbonyl (C=O) groups excluding carboxylic acids is 2. The van der Waals surface area contributed by atoms with Gasteiger partial charge in [0.15, 0.2) is 11.5 Å². The second-order valence-electron chi connectivity index (χ2n) is 7.33. The zero-order chi connectivity index (χ0) is 24.7. The van der Waals surface area contributed by atoms with Crippen molar-refractivity contribution >= 4 is 46.4 Å². The third-order valence-electron chi connectivity index (χ3n) is 4.88. The number of nitrogens with one attached hydrogen (secondary N) is 2. The molecule has 176 valence electrons. The molecule has 0 bridgehead atoms. The van der Waals surface area contributed by atoms with E-state index in [2.05, 4.69) is 15.8 Å². The molecule has 9 heteroatoms. The number of ether oxygens (including phenoxy) is 2. The molecule has 0 heterocycles. The van der Waals surface area contributed by atoms with Gasteiger partial charge in [-0.3, -0.25) is 9.59 Å². The van der Waals surface area contributed by atoms with Crippen LogP contribution in [0, 0.1) is 6.92 Å². The molecule has 0 saturated heterocycles. The van der Waals surface area contributed by atoms with Crippen LogP contribution in [0.4, 0.5) is 5.69 Å². The first-order chi connectivity index (χ1) is 16.3. The molecule has 3 aromatic rings. The predicted octanol–water partition coefficient (Wildman–Crippen LogP) is 5.37. The van der Waals surface area contributed by atoms with Gasteiger partial charge in [0.25, 0.3) is 0 Å². The van der Waals surface area contributed by atoms with E-state index in [1.807, 2.05) is 31.2 Å². The maximum Gasteiger partial charge on any atom is 0.329 e. The molecule has 0 fully saturated rings. The molecule has 0 aromatic heterocycles. The summed E-state index contributed by atoms with van der Waals surface area (Å²) in [5.74, 6) is -0.763. The zero-order valence-corrected chi connectivity index (χ0v) is 20.3. The Labute approximate surface area is 207 Å². The van der Waals surface area contributed by atoms with E-state index in [-0.39, 0.29) is 0 Å². The lowest BCUT2D eigenvalue weighted by molar-refractivity contribution is -0.136. The van der Waals surface area contributed by atoms with Crippen LogP contribution >= 0.6 is 23.2 Å². The number of benzene rings is 3. The van der Waals surface area contributed by atoms with E-state index in [0.29, 0.717) is 45.1 Å². The van der Waals surface area contributed by atoms with Crippen molar-refractivity contribution in [2.75, 3.05) is 12.4 Å². The lowest BCUT2D eigenvalue weighted by atomic mass is 10.1. The van der Waals surface area contributed by atoms with E-state index in [0.717, 1.165) is 11.1 Å². The van der Waals surface area contributed by atoms with Crippen LogP contribution in [0.5, 0.6) is 11.5 Å². The number of hydrogen-bond acceptors (Lipinski definition) is 5. The SMILES string of the molecule is COc1cc(/C(C)=N/NC(=O)C(=O)Nc2cc(Cl)cc(Cl)c2)ccc1OCc1ccccc1C. The summed E-state index contributed by atoms with van der Waals surface area (Å²) in [5.41, 5.74) is 5.90. The molecule has 0 atom stereocenters. The molecule has 0 unspecified atom stereocenters. The summed E-state index contributed by atoms with van der Waals surface area (Å²) in [6.07, 6.45) is 0. The molecule has 0 aliphatic carbocycles. The van der Waals surface area contributed by atoms with Crippen LogP contribution in [0.1, 0.15) is 23.6 Å². The highest BCUT2D eigenvalue weighted by molar-refractivity contribution is 6.40. The summed E-state index contributed by atoms with van der Waals surface area (Å²) in [6, 6.07) is 17.7. The number of aryl methyl sites for hydroxylation is 1. The highest BCUT2D eigenvalue weighted by Crippen LogP contribution is 2.29. The minimum absolute atomic E-state index is 0.296. The van der Waals surface area contributed by atoms with Gasteiger partial charge in [0.2, 0.25) is 0 Å². The Morgan fingerprint density at radius 2 is 1.65 bits per heavy atom. The van der Waals surface area contributed by atoms with Crippen LogP contribution < -0.4 is 20.2 Å². The maximum absolute atomic E-state index is 12.1. The van der Waals surface area contributed by atoms with Gasteiger partial charge in [-0.25, -0.2) is 5.43 Å². The van der Waals surface area contributed by atoms with Crippen molar-refractivity contribution < 1.29 is 19.1 Å². The first-order valence-electron chi connectivity index (χ1n) is 10.2. The molecule has 2 amide bonds. The fourth-order valence-corrected chi connectivity index (χ4v) is 3.53. The van der Waals surface area contributed by atoms with Gasteiger partial charge in [-0.05, 0) is 61.4 Å². The third-order valence-corrected chi connectivity index (χ3v) is 5.31. The normalized spacial score (nSPS) is 11.0. The Bertz CT molecular complexity index is 1220. The molecule has 7 nitrogen and oxygen atoms in total. The molecule has 0 spiro atoms. The van der Waals surface area contributed by atoms with Crippen molar-refractivity contribution in [3.8, 4) is 11.5 Å². The smallest absolute Gasteiger partial charge is 0.329 e. The summed E-state index contributed by atoms with van der Waals surface area (Å²) in [7, 11) is 1.54. The lowest BCUT2D eigenvalue weighted by Gasteiger charge is -2.13. The standard InChI is InChI=1S/C25H23Cl2N3O4/c1-15-6-4-5-7-18(15)14-34-22-9-8-17(10-23(22)33-3)16(2)29-30-25(32)24(31)28-21-12-19(26)11-20(27)13-21/h4-13H,14H2,1-3H3,(H,28,31)(H,30,32)/b29-16+. The summed E-state index contributed by atoms with van der Waals surface area (Å²) < 4.78 is 11.4. The fourth-order valence-electron chi connectivity index (χ4n) is 3.00. The Hall–Kier alpha value is -3.55. The summed E-state index contributed by atoms with van der Waals surface area (Å²) in [5, 5.41) is 7.09. The average molecular weight is 500 g/mol. The van der Waals surface area contributed by atoms with Gasteiger partial charge < -0.3 is 14.8 Å². The minimum Gasteiger partial charge on any atom is -0.493 e. The number of nitrogens with zero attached hydrogens (tertiary/aromatic N) is 1. The molecule has 3 rings (SSSR count). The highest BCUT2D eigenvalue weighted by Gasteiger charge is 2.15. The quantitative estimate of drug-likeness (QED) is 0.260. The monoisotopic (exact) mass is 499 g/mol. The molecule has 0 aliphatic heterocycles. The van der Waals surface area contributed by atoms with E-state index in [1.165, 1.54) is 18.2 Å². The van der Waals surface area contributed by atoms with E-state index in [1.54, 1.807) is 32.2 Å². The summed E-state index contributed by atoms with van der Waals surface area (Å²) in [6.45, 7) is 4.12. The number of amides is 2. The van der Waals surface area contributed by atoms with Crippen LogP contribution in [-0.4, -0.2) is 24.6 Å². The molecule has 0 radical (unpaired) electrons. The van der Waals surface area contributed by atoms with Gasteiger partial charge in [0.1, 0.15) is 6.61 Å². The van der Waals surface area contributed by atoms with Crippen LogP contribution in [-0.2, 0) is 16.2 Å². The van der Waals surface area contributed by atoms with Gasteiger partial charge in [0, 0.05) is 21.3 Å². The van der Waals surface area contributed by atoms with Crippen molar-refractivity contribution in [1.82, 2.24) is 5.43 Å². The molecular weight excluding hydrogens is 477 g/mol. The number of anilines is 1. The fraction of sp³-hybridized carbons (Fsp3) is 0.160. The Balaban J connectivity index is 1.64. The third kappa shape index (κ3) is 6.73. The maximum atomic E-state index is 12.1. The van der Waals surface area contributed by atoms with Gasteiger partial charge >= 0.3 is 11.8 Å². The van der Waals surface area contributed by atoms with Gasteiger partial charge in [-0.1, -0.05) is 47.5 Å². The minimum atomic E-state index is -0.944. The number of halogens is 2. The van der Waals surface area contributed by atoms with Crippen LogP contribution in [0.2, 0.25) is 10.0 Å². The second kappa shape index (κ2) is 11.5. The largest absolute Gasteiger partial charge is 0.493 e. The predicted molar refractivity (Wildman–Crippen MR) is 134 cm³/mol. The Kier molecular flexibility index (Phi) is 8.51. The molecule has 2 N–H and O–H groups in total. The van der Waals surface area contributed by atoms with Crippen molar-refractivity contribution in [3.05, 3.63) is 87.4 Å². The molecule has 3 aromatic carbocycles. The first kappa shape index (κ1) is 25.1. The van der Waals surface area contributed by atoms with E-state index in [9.17, 15) is 9.59 Å².